The second-order valence-electron chi connectivity index (χ2n) is 5.10. The Morgan fingerprint density at radius 2 is 2.09 bits per heavy atom. The summed E-state index contributed by atoms with van der Waals surface area (Å²) in [6.45, 7) is 4.47. The van der Waals surface area contributed by atoms with Gasteiger partial charge in [0, 0.05) is 36.7 Å². The molecule has 1 heterocycles. The van der Waals surface area contributed by atoms with Crippen LogP contribution in [0.1, 0.15) is 37.0 Å². The van der Waals surface area contributed by atoms with Crippen molar-refractivity contribution >= 4 is 29.1 Å². The van der Waals surface area contributed by atoms with Gasteiger partial charge < -0.3 is 9.88 Å². The minimum Gasteiger partial charge on any atom is -0.326 e. The van der Waals surface area contributed by atoms with Gasteiger partial charge in [-0.05, 0) is 32.4 Å². The summed E-state index contributed by atoms with van der Waals surface area (Å²) in [5.74, 6) is 0.708. The van der Waals surface area contributed by atoms with Gasteiger partial charge >= 0.3 is 0 Å². The number of thioether (sulfide) groups is 1. The molecule has 0 spiro atoms. The Morgan fingerprint density at radius 1 is 1.30 bits per heavy atom. The van der Waals surface area contributed by atoms with Crippen LogP contribution in [0.2, 0.25) is 0 Å². The van der Waals surface area contributed by atoms with E-state index in [-0.39, 0.29) is 11.7 Å². The molecule has 0 radical (unpaired) electrons. The minimum absolute atomic E-state index is 0.0529. The van der Waals surface area contributed by atoms with E-state index in [4.69, 9.17) is 0 Å². The van der Waals surface area contributed by atoms with Crippen LogP contribution in [0.4, 0.5) is 5.69 Å². The number of aryl methyl sites for hydroxylation is 1. The highest BCUT2D eigenvalue weighted by Crippen LogP contribution is 2.19. The molecule has 1 aromatic carbocycles. The van der Waals surface area contributed by atoms with Gasteiger partial charge in [0.25, 0.3) is 0 Å². The summed E-state index contributed by atoms with van der Waals surface area (Å²) < 4.78 is 2.08. The number of hydrogen-bond donors (Lipinski definition) is 1. The maximum Gasteiger partial charge on any atom is 0.224 e. The Balaban J connectivity index is 1.79. The largest absolute Gasteiger partial charge is 0.326 e. The predicted octanol–water partition coefficient (Wildman–Crippen LogP) is 3.62. The van der Waals surface area contributed by atoms with E-state index in [1.807, 2.05) is 12.3 Å². The molecule has 0 bridgehead atoms. The van der Waals surface area contributed by atoms with Crippen molar-refractivity contribution in [1.29, 1.82) is 0 Å². The van der Waals surface area contributed by atoms with Crippen molar-refractivity contribution < 1.29 is 9.59 Å². The number of carbonyl (C=O) groups is 2. The lowest BCUT2D eigenvalue weighted by molar-refractivity contribution is -0.116. The third-order valence-corrected chi connectivity index (χ3v) is 4.47. The second kappa shape index (κ2) is 8.53. The van der Waals surface area contributed by atoms with Crippen molar-refractivity contribution in [1.82, 2.24) is 9.55 Å². The Bertz CT molecular complexity index is 682. The van der Waals surface area contributed by atoms with Gasteiger partial charge in [-0.1, -0.05) is 23.9 Å². The van der Waals surface area contributed by atoms with Crippen molar-refractivity contribution in [2.75, 3.05) is 11.1 Å². The molecule has 2 rings (SSSR count). The molecule has 6 heteroatoms. The highest BCUT2D eigenvalue weighted by Gasteiger charge is 2.09. The zero-order valence-electron chi connectivity index (χ0n) is 13.4. The summed E-state index contributed by atoms with van der Waals surface area (Å²) in [6, 6.07) is 7.07. The number of benzene rings is 1. The number of hydrogen-bond acceptors (Lipinski definition) is 4. The molecule has 0 aliphatic heterocycles. The number of para-hydroxylation sites is 1. The van der Waals surface area contributed by atoms with E-state index in [1.54, 1.807) is 36.2 Å². The van der Waals surface area contributed by atoms with Crippen LogP contribution in [0.3, 0.4) is 0 Å². The van der Waals surface area contributed by atoms with Gasteiger partial charge in [-0.2, -0.15) is 0 Å². The molecule has 1 aromatic heterocycles. The van der Waals surface area contributed by atoms with E-state index in [1.165, 1.54) is 6.92 Å². The first-order valence-electron chi connectivity index (χ1n) is 7.65. The first kappa shape index (κ1) is 17.3. The number of nitrogens with zero attached hydrogens (tertiary/aromatic N) is 2. The van der Waals surface area contributed by atoms with Crippen LogP contribution in [0, 0.1) is 0 Å². The average Bonchev–Trinajstić information content (AvgIpc) is 2.99. The fourth-order valence-corrected chi connectivity index (χ4v) is 3.15. The van der Waals surface area contributed by atoms with E-state index in [0.29, 0.717) is 17.7 Å². The lowest BCUT2D eigenvalue weighted by Gasteiger charge is -2.09. The number of amides is 1. The maximum absolute atomic E-state index is 12.0. The molecule has 0 aliphatic carbocycles. The van der Waals surface area contributed by atoms with Crippen LogP contribution in [0.5, 0.6) is 0 Å². The van der Waals surface area contributed by atoms with Gasteiger partial charge in [0.05, 0.1) is 5.69 Å². The Labute approximate surface area is 140 Å². The topological polar surface area (TPSA) is 64.0 Å². The molecule has 2 aromatic rings. The zero-order valence-corrected chi connectivity index (χ0v) is 14.2. The average molecular weight is 331 g/mol. The van der Waals surface area contributed by atoms with Crippen LogP contribution in [-0.4, -0.2) is 27.0 Å². The highest BCUT2D eigenvalue weighted by atomic mass is 32.2. The number of aromatic nitrogens is 2. The van der Waals surface area contributed by atoms with Gasteiger partial charge in [-0.25, -0.2) is 4.98 Å². The van der Waals surface area contributed by atoms with Crippen molar-refractivity contribution in [3.05, 3.63) is 42.2 Å². The van der Waals surface area contributed by atoms with E-state index in [0.717, 1.165) is 23.9 Å². The number of imidazole rings is 1. The predicted molar refractivity (Wildman–Crippen MR) is 92.9 cm³/mol. The van der Waals surface area contributed by atoms with Crippen LogP contribution >= 0.6 is 11.8 Å². The van der Waals surface area contributed by atoms with Crippen molar-refractivity contribution in [3.8, 4) is 0 Å². The Kier molecular flexibility index (Phi) is 6.40. The monoisotopic (exact) mass is 331 g/mol. The Morgan fingerprint density at radius 3 is 2.83 bits per heavy atom. The molecule has 122 valence electrons. The summed E-state index contributed by atoms with van der Waals surface area (Å²) in [5, 5.41) is 3.80. The molecule has 5 nitrogen and oxygen atoms in total. The Hall–Kier alpha value is -2.08. The third-order valence-electron chi connectivity index (χ3n) is 3.38. The quantitative estimate of drug-likeness (QED) is 0.456. The fourth-order valence-electron chi connectivity index (χ4n) is 2.18. The van der Waals surface area contributed by atoms with Crippen LogP contribution in [0.25, 0.3) is 0 Å². The molecule has 0 atom stereocenters. The van der Waals surface area contributed by atoms with Crippen LogP contribution < -0.4 is 5.32 Å². The highest BCUT2D eigenvalue weighted by molar-refractivity contribution is 7.99. The molecule has 0 unspecified atom stereocenters. The number of ketones is 1. The molecular weight excluding hydrogens is 310 g/mol. The van der Waals surface area contributed by atoms with E-state index < -0.39 is 0 Å². The molecule has 23 heavy (non-hydrogen) atoms. The normalized spacial score (nSPS) is 10.5. The fraction of sp³-hybridized carbons (Fsp3) is 0.353. The van der Waals surface area contributed by atoms with Gasteiger partial charge in [0.2, 0.25) is 5.91 Å². The zero-order chi connectivity index (χ0) is 16.7. The number of nitrogens with one attached hydrogen (secondary N) is 1. The number of anilines is 1. The van der Waals surface area contributed by atoms with E-state index >= 15 is 0 Å². The van der Waals surface area contributed by atoms with E-state index in [2.05, 4.69) is 21.8 Å². The molecule has 1 amide bonds. The summed E-state index contributed by atoms with van der Waals surface area (Å²) in [4.78, 5) is 27.8. The van der Waals surface area contributed by atoms with Crippen molar-refractivity contribution in [3.63, 3.8) is 0 Å². The molecule has 1 N–H and O–H groups in total. The smallest absolute Gasteiger partial charge is 0.224 e. The van der Waals surface area contributed by atoms with Crippen LogP contribution in [-0.2, 0) is 11.3 Å². The minimum atomic E-state index is -0.0712. The summed E-state index contributed by atoms with van der Waals surface area (Å²) in [5.41, 5.74) is 1.12. The number of carbonyl (C=O) groups excluding carboxylic acids is 2. The van der Waals surface area contributed by atoms with Gasteiger partial charge in [0.1, 0.15) is 0 Å². The summed E-state index contributed by atoms with van der Waals surface area (Å²) in [7, 11) is 0. The first-order valence-corrected chi connectivity index (χ1v) is 8.64. The number of rotatable bonds is 8. The summed E-state index contributed by atoms with van der Waals surface area (Å²) >= 11 is 1.65. The molecule has 0 saturated carbocycles. The van der Waals surface area contributed by atoms with Crippen LogP contribution in [0.15, 0.2) is 41.8 Å². The standard InChI is InChI=1S/C17H21N3O2S/c1-3-20-11-10-18-17(20)23-12-6-9-16(22)19-15-8-5-4-7-14(15)13(2)21/h4-5,7-8,10-11H,3,6,9,12H2,1-2H3,(H,19,22). The molecular formula is C17H21N3O2S. The second-order valence-corrected chi connectivity index (χ2v) is 6.16. The lowest BCUT2D eigenvalue weighted by atomic mass is 10.1. The third kappa shape index (κ3) is 4.96. The number of Topliss-reactive ketones (excluding diaryl/α,β-unsaturated/α-hetero) is 1. The molecule has 0 aliphatic rings. The van der Waals surface area contributed by atoms with Gasteiger partial charge in [0.15, 0.2) is 10.9 Å². The van der Waals surface area contributed by atoms with Gasteiger partial charge in [-0.15, -0.1) is 0 Å². The lowest BCUT2D eigenvalue weighted by Crippen LogP contribution is -2.14. The van der Waals surface area contributed by atoms with Gasteiger partial charge in [-0.3, -0.25) is 9.59 Å². The van der Waals surface area contributed by atoms with Crippen molar-refractivity contribution in [2.45, 2.75) is 38.4 Å². The van der Waals surface area contributed by atoms with Crippen molar-refractivity contribution in [2.24, 2.45) is 0 Å². The van der Waals surface area contributed by atoms with E-state index in [9.17, 15) is 9.59 Å². The maximum atomic E-state index is 12.0. The molecule has 0 fully saturated rings. The molecule has 0 saturated heterocycles. The SMILES string of the molecule is CCn1ccnc1SCCCC(=O)Nc1ccccc1C(C)=O. The first-order chi connectivity index (χ1) is 11.1. The summed E-state index contributed by atoms with van der Waals surface area (Å²) in [6.07, 6.45) is 4.92.